The van der Waals surface area contributed by atoms with Gasteiger partial charge in [0.2, 0.25) is 0 Å². The summed E-state index contributed by atoms with van der Waals surface area (Å²) in [5, 5.41) is 0. The number of amides is 1. The lowest BCUT2D eigenvalue weighted by atomic mass is 9.85. The van der Waals surface area contributed by atoms with E-state index in [-0.39, 0.29) is 5.91 Å². The molecular formula is C15H19Br2NO. The molecule has 1 heterocycles. The molecule has 0 aromatic heterocycles. The van der Waals surface area contributed by atoms with Crippen molar-refractivity contribution in [3.05, 3.63) is 32.7 Å². The summed E-state index contributed by atoms with van der Waals surface area (Å²) in [5.74, 6) is 1.26. The molecule has 1 aromatic carbocycles. The smallest absolute Gasteiger partial charge is 0.255 e. The molecule has 1 aliphatic rings. The third-order valence-corrected chi connectivity index (χ3v) is 5.17. The van der Waals surface area contributed by atoms with Crippen LogP contribution in [0.4, 0.5) is 0 Å². The van der Waals surface area contributed by atoms with Gasteiger partial charge in [0, 0.05) is 21.5 Å². The van der Waals surface area contributed by atoms with Crippen molar-refractivity contribution in [1.82, 2.24) is 4.90 Å². The summed E-state index contributed by atoms with van der Waals surface area (Å²) in [4.78, 5) is 14.7. The second-order valence-electron chi connectivity index (χ2n) is 5.64. The Labute approximate surface area is 131 Å². The number of halogens is 2. The minimum Gasteiger partial charge on any atom is -0.335 e. The first-order valence-electron chi connectivity index (χ1n) is 6.66. The first-order valence-corrected chi connectivity index (χ1v) is 8.24. The maximum atomic E-state index is 12.7. The normalized spacial score (nSPS) is 27.4. The summed E-state index contributed by atoms with van der Waals surface area (Å²) in [5.41, 5.74) is 0.747. The Morgan fingerprint density at radius 3 is 2.58 bits per heavy atom. The van der Waals surface area contributed by atoms with E-state index in [9.17, 15) is 4.79 Å². The summed E-state index contributed by atoms with van der Waals surface area (Å²) < 4.78 is 1.83. The number of benzene rings is 1. The quantitative estimate of drug-likeness (QED) is 0.681. The Morgan fingerprint density at radius 2 is 1.95 bits per heavy atom. The molecule has 1 aliphatic heterocycles. The highest BCUT2D eigenvalue weighted by molar-refractivity contribution is 9.11. The fraction of sp³-hybridized carbons (Fsp3) is 0.533. The van der Waals surface area contributed by atoms with Crippen molar-refractivity contribution in [1.29, 1.82) is 0 Å². The molecule has 4 heteroatoms. The van der Waals surface area contributed by atoms with Gasteiger partial charge in [-0.15, -0.1) is 0 Å². The molecule has 1 amide bonds. The molecule has 0 radical (unpaired) electrons. The summed E-state index contributed by atoms with van der Waals surface area (Å²) in [6.07, 6.45) is 1.20. The highest BCUT2D eigenvalue weighted by atomic mass is 79.9. The van der Waals surface area contributed by atoms with Crippen LogP contribution in [0.3, 0.4) is 0 Å². The van der Waals surface area contributed by atoms with E-state index in [0.717, 1.165) is 21.1 Å². The van der Waals surface area contributed by atoms with Crippen LogP contribution in [0.25, 0.3) is 0 Å². The number of hydrogen-bond acceptors (Lipinski definition) is 1. The minimum absolute atomic E-state index is 0.130. The van der Waals surface area contributed by atoms with Crippen LogP contribution in [0.15, 0.2) is 27.1 Å². The zero-order valence-corrected chi connectivity index (χ0v) is 14.7. The molecule has 3 atom stereocenters. The molecule has 0 N–H and O–H groups in total. The van der Waals surface area contributed by atoms with Crippen LogP contribution in [0.5, 0.6) is 0 Å². The summed E-state index contributed by atoms with van der Waals surface area (Å²) in [6, 6.07) is 6.03. The largest absolute Gasteiger partial charge is 0.335 e. The molecule has 2 rings (SSSR count). The monoisotopic (exact) mass is 387 g/mol. The fourth-order valence-corrected chi connectivity index (χ4v) is 4.02. The van der Waals surface area contributed by atoms with Gasteiger partial charge in [0.05, 0.1) is 5.56 Å². The van der Waals surface area contributed by atoms with Crippen molar-refractivity contribution < 1.29 is 4.79 Å². The van der Waals surface area contributed by atoms with Gasteiger partial charge in [-0.05, 0) is 59.3 Å². The molecule has 0 aliphatic carbocycles. The van der Waals surface area contributed by atoms with Crippen LogP contribution < -0.4 is 0 Å². The van der Waals surface area contributed by atoms with Gasteiger partial charge in [0.1, 0.15) is 0 Å². The molecule has 104 valence electrons. The molecule has 0 bridgehead atoms. The number of carbonyl (C=O) groups is 1. The summed E-state index contributed by atoms with van der Waals surface area (Å²) >= 11 is 6.90. The number of piperidine rings is 1. The van der Waals surface area contributed by atoms with Crippen molar-refractivity contribution in [2.24, 2.45) is 11.8 Å². The average molecular weight is 389 g/mol. The SMILES string of the molecule is CC1CC(C)C(C)N(C(=O)c2ccc(Br)cc2Br)C1. The standard InChI is InChI=1S/C15H19Br2NO/c1-9-6-10(2)11(3)18(8-9)15(19)13-5-4-12(16)7-14(13)17/h4-5,7,9-11H,6,8H2,1-3H3. The zero-order chi connectivity index (χ0) is 14.2. The molecule has 0 spiro atoms. The number of rotatable bonds is 1. The van der Waals surface area contributed by atoms with Gasteiger partial charge >= 0.3 is 0 Å². The van der Waals surface area contributed by atoms with Crippen molar-refractivity contribution >= 4 is 37.8 Å². The molecule has 1 aromatic rings. The van der Waals surface area contributed by atoms with Crippen molar-refractivity contribution in [2.45, 2.75) is 33.2 Å². The lowest BCUT2D eigenvalue weighted by molar-refractivity contribution is 0.0455. The Morgan fingerprint density at radius 1 is 1.26 bits per heavy atom. The van der Waals surface area contributed by atoms with Crippen LogP contribution in [-0.4, -0.2) is 23.4 Å². The highest BCUT2D eigenvalue weighted by Crippen LogP contribution is 2.30. The number of nitrogens with zero attached hydrogens (tertiary/aromatic N) is 1. The van der Waals surface area contributed by atoms with E-state index in [4.69, 9.17) is 0 Å². The van der Waals surface area contributed by atoms with Gasteiger partial charge in [-0.2, -0.15) is 0 Å². The van der Waals surface area contributed by atoms with Crippen LogP contribution in [-0.2, 0) is 0 Å². The Bertz CT molecular complexity index is 489. The van der Waals surface area contributed by atoms with E-state index < -0.39 is 0 Å². The van der Waals surface area contributed by atoms with Gasteiger partial charge in [0.15, 0.2) is 0 Å². The van der Waals surface area contributed by atoms with E-state index >= 15 is 0 Å². The number of likely N-dealkylation sites (tertiary alicyclic amines) is 1. The van der Waals surface area contributed by atoms with E-state index in [1.165, 1.54) is 6.42 Å². The first-order chi connectivity index (χ1) is 8.90. The lowest BCUT2D eigenvalue weighted by Gasteiger charge is -2.41. The maximum Gasteiger partial charge on any atom is 0.255 e. The van der Waals surface area contributed by atoms with E-state index in [2.05, 4.69) is 52.6 Å². The van der Waals surface area contributed by atoms with Gasteiger partial charge in [-0.1, -0.05) is 29.8 Å². The molecule has 2 nitrogen and oxygen atoms in total. The Hall–Kier alpha value is -0.350. The number of hydrogen-bond donors (Lipinski definition) is 0. The highest BCUT2D eigenvalue weighted by Gasteiger charge is 2.32. The third-order valence-electron chi connectivity index (χ3n) is 4.02. The number of carbonyl (C=O) groups excluding carboxylic acids is 1. The topological polar surface area (TPSA) is 20.3 Å². The predicted octanol–water partition coefficient (Wildman–Crippen LogP) is 4.72. The van der Waals surface area contributed by atoms with Gasteiger partial charge in [-0.25, -0.2) is 0 Å². The van der Waals surface area contributed by atoms with Crippen LogP contribution in [0.2, 0.25) is 0 Å². The van der Waals surface area contributed by atoms with Gasteiger partial charge in [-0.3, -0.25) is 4.79 Å². The zero-order valence-electron chi connectivity index (χ0n) is 11.5. The third kappa shape index (κ3) is 3.22. The average Bonchev–Trinajstić information content (AvgIpc) is 2.33. The molecule has 3 unspecified atom stereocenters. The van der Waals surface area contributed by atoms with Crippen molar-refractivity contribution in [2.75, 3.05) is 6.54 Å². The van der Waals surface area contributed by atoms with E-state index in [1.54, 1.807) is 0 Å². The molecule has 1 saturated heterocycles. The van der Waals surface area contributed by atoms with E-state index in [1.807, 2.05) is 23.1 Å². The lowest BCUT2D eigenvalue weighted by Crippen LogP contribution is -2.48. The van der Waals surface area contributed by atoms with Gasteiger partial charge in [0.25, 0.3) is 5.91 Å². The fourth-order valence-electron chi connectivity index (χ4n) is 2.80. The predicted molar refractivity (Wildman–Crippen MR) is 85.3 cm³/mol. The van der Waals surface area contributed by atoms with E-state index in [0.29, 0.717) is 17.9 Å². The van der Waals surface area contributed by atoms with Crippen LogP contribution in [0, 0.1) is 11.8 Å². The second-order valence-corrected chi connectivity index (χ2v) is 7.41. The minimum atomic E-state index is 0.130. The Kier molecular flexibility index (Phi) is 4.72. The Balaban J connectivity index is 2.27. The van der Waals surface area contributed by atoms with Crippen molar-refractivity contribution in [3.8, 4) is 0 Å². The van der Waals surface area contributed by atoms with Gasteiger partial charge < -0.3 is 4.90 Å². The molecule has 0 saturated carbocycles. The summed E-state index contributed by atoms with van der Waals surface area (Å²) in [7, 11) is 0. The molecule has 19 heavy (non-hydrogen) atoms. The molecule has 1 fully saturated rings. The first kappa shape index (κ1) is 15.0. The van der Waals surface area contributed by atoms with Crippen LogP contribution >= 0.6 is 31.9 Å². The second kappa shape index (κ2) is 5.96. The summed E-state index contributed by atoms with van der Waals surface area (Å²) in [6.45, 7) is 7.46. The molecular weight excluding hydrogens is 370 g/mol. The van der Waals surface area contributed by atoms with Crippen molar-refractivity contribution in [3.63, 3.8) is 0 Å². The van der Waals surface area contributed by atoms with Crippen LogP contribution in [0.1, 0.15) is 37.6 Å². The maximum absolute atomic E-state index is 12.7.